The quantitative estimate of drug-likeness (QED) is 0.733. The first-order valence-corrected chi connectivity index (χ1v) is 6.64. The molecular formula is C12H23N5O2. The minimum absolute atomic E-state index is 0.0142. The molecule has 0 aliphatic carbocycles. The number of carbonyl (C=O) groups is 1. The number of rotatable bonds is 8. The molecule has 1 heterocycles. The lowest BCUT2D eigenvalue weighted by molar-refractivity contribution is -0.130. The van der Waals surface area contributed by atoms with Crippen molar-refractivity contribution in [3.63, 3.8) is 0 Å². The Labute approximate surface area is 113 Å². The fraction of sp³-hybridized carbons (Fsp3) is 0.750. The van der Waals surface area contributed by atoms with Gasteiger partial charge in [0.2, 0.25) is 11.8 Å². The molecule has 1 atom stereocenters. The van der Waals surface area contributed by atoms with Crippen LogP contribution in [0.2, 0.25) is 0 Å². The lowest BCUT2D eigenvalue weighted by atomic mass is 10.3. The van der Waals surface area contributed by atoms with E-state index in [1.54, 1.807) is 4.90 Å². The second kappa shape index (κ2) is 7.73. The Morgan fingerprint density at radius 2 is 2.05 bits per heavy atom. The van der Waals surface area contributed by atoms with E-state index < -0.39 is 0 Å². The molecule has 0 aliphatic heterocycles. The summed E-state index contributed by atoms with van der Waals surface area (Å²) < 4.78 is 5.41. The van der Waals surface area contributed by atoms with Gasteiger partial charge in [-0.3, -0.25) is 4.79 Å². The highest BCUT2D eigenvalue weighted by atomic mass is 16.4. The Kier molecular flexibility index (Phi) is 6.27. The second-order valence-electron chi connectivity index (χ2n) is 4.20. The molecule has 108 valence electrons. The molecular weight excluding hydrogens is 246 g/mol. The molecule has 1 rings (SSSR count). The van der Waals surface area contributed by atoms with E-state index in [1.165, 1.54) is 0 Å². The normalized spacial score (nSPS) is 12.2. The first-order chi connectivity index (χ1) is 9.12. The van der Waals surface area contributed by atoms with E-state index in [0.29, 0.717) is 24.9 Å². The van der Waals surface area contributed by atoms with Crippen molar-refractivity contribution < 1.29 is 9.21 Å². The highest BCUT2D eigenvalue weighted by molar-refractivity contribution is 5.76. The molecule has 0 aromatic carbocycles. The molecule has 7 heteroatoms. The van der Waals surface area contributed by atoms with Crippen LogP contribution in [0.5, 0.6) is 0 Å². The first-order valence-electron chi connectivity index (χ1n) is 6.64. The molecule has 7 nitrogen and oxygen atoms in total. The molecule has 0 spiro atoms. The smallest absolute Gasteiger partial charge is 0.315 e. The molecule has 1 unspecified atom stereocenters. The van der Waals surface area contributed by atoms with E-state index >= 15 is 0 Å². The van der Waals surface area contributed by atoms with E-state index in [1.807, 2.05) is 27.8 Å². The van der Waals surface area contributed by atoms with Crippen LogP contribution >= 0.6 is 0 Å². The summed E-state index contributed by atoms with van der Waals surface area (Å²) in [6.45, 7) is 7.84. The van der Waals surface area contributed by atoms with Gasteiger partial charge in [0.15, 0.2) is 0 Å². The first kappa shape index (κ1) is 15.4. The predicted octanol–water partition coefficient (Wildman–Crippen LogP) is 1.02. The Bertz CT molecular complexity index is 389. The summed E-state index contributed by atoms with van der Waals surface area (Å²) in [6, 6.07) is 0.366. The zero-order valence-electron chi connectivity index (χ0n) is 12.1. The van der Waals surface area contributed by atoms with Crippen LogP contribution in [0.4, 0.5) is 6.01 Å². The summed E-state index contributed by atoms with van der Waals surface area (Å²) in [5.74, 6) is 0.654. The summed E-state index contributed by atoms with van der Waals surface area (Å²) in [5.41, 5.74) is 0. The number of aromatic nitrogens is 2. The van der Waals surface area contributed by atoms with Gasteiger partial charge in [-0.15, -0.1) is 5.10 Å². The van der Waals surface area contributed by atoms with Crippen molar-refractivity contribution in [1.29, 1.82) is 0 Å². The zero-order valence-corrected chi connectivity index (χ0v) is 12.1. The lowest BCUT2D eigenvalue weighted by Gasteiger charge is -2.18. The van der Waals surface area contributed by atoms with Crippen molar-refractivity contribution in [3.05, 3.63) is 5.89 Å². The molecule has 0 fully saturated rings. The van der Waals surface area contributed by atoms with Gasteiger partial charge >= 0.3 is 6.01 Å². The number of carbonyl (C=O) groups excluding carboxylic acids is 1. The minimum atomic E-state index is 0.0142. The van der Waals surface area contributed by atoms with Gasteiger partial charge in [-0.1, -0.05) is 5.10 Å². The van der Waals surface area contributed by atoms with Gasteiger partial charge in [-0.2, -0.15) is 0 Å². The van der Waals surface area contributed by atoms with Crippen LogP contribution in [-0.2, 0) is 4.79 Å². The van der Waals surface area contributed by atoms with E-state index in [-0.39, 0.29) is 11.9 Å². The molecule has 0 saturated heterocycles. The molecule has 0 saturated carbocycles. The van der Waals surface area contributed by atoms with Gasteiger partial charge < -0.3 is 20.0 Å². The van der Waals surface area contributed by atoms with Crippen molar-refractivity contribution in [1.82, 2.24) is 20.4 Å². The highest BCUT2D eigenvalue weighted by Crippen LogP contribution is 2.12. The van der Waals surface area contributed by atoms with Crippen LogP contribution in [0.15, 0.2) is 4.42 Å². The predicted molar refractivity (Wildman–Crippen MR) is 72.8 cm³/mol. The Morgan fingerprint density at radius 1 is 1.37 bits per heavy atom. The molecule has 1 amide bonds. The standard InChI is InChI=1S/C12H23N5O2/c1-5-17(6-2)10(18)7-8-14-12-16-15-11(19-12)9(3)13-4/h9,13H,5-8H2,1-4H3,(H,14,16). The van der Waals surface area contributed by atoms with E-state index in [4.69, 9.17) is 4.42 Å². The number of anilines is 1. The number of nitrogens with zero attached hydrogens (tertiary/aromatic N) is 3. The molecule has 0 aliphatic rings. The summed E-state index contributed by atoms with van der Waals surface area (Å²) in [6.07, 6.45) is 0.418. The molecule has 19 heavy (non-hydrogen) atoms. The van der Waals surface area contributed by atoms with Gasteiger partial charge in [-0.05, 0) is 27.8 Å². The highest BCUT2D eigenvalue weighted by Gasteiger charge is 2.13. The number of amides is 1. The van der Waals surface area contributed by atoms with Crippen LogP contribution in [0, 0.1) is 0 Å². The maximum absolute atomic E-state index is 11.8. The summed E-state index contributed by atoms with van der Waals surface area (Å²) in [7, 11) is 1.82. The van der Waals surface area contributed by atoms with Crippen molar-refractivity contribution in [3.8, 4) is 0 Å². The average Bonchev–Trinajstić information content (AvgIpc) is 2.88. The van der Waals surface area contributed by atoms with Gasteiger partial charge in [0.1, 0.15) is 0 Å². The minimum Gasteiger partial charge on any atom is -0.406 e. The second-order valence-corrected chi connectivity index (χ2v) is 4.20. The maximum atomic E-state index is 11.8. The largest absolute Gasteiger partial charge is 0.406 e. The summed E-state index contributed by atoms with van der Waals surface area (Å²) >= 11 is 0. The van der Waals surface area contributed by atoms with Crippen LogP contribution in [0.25, 0.3) is 0 Å². The zero-order chi connectivity index (χ0) is 14.3. The molecule has 1 aromatic rings. The van der Waals surface area contributed by atoms with E-state index in [9.17, 15) is 4.79 Å². The van der Waals surface area contributed by atoms with Crippen molar-refractivity contribution in [2.75, 3.05) is 32.0 Å². The molecule has 1 aromatic heterocycles. The average molecular weight is 269 g/mol. The molecule has 0 bridgehead atoms. The molecule has 0 radical (unpaired) electrons. The number of hydrogen-bond donors (Lipinski definition) is 2. The summed E-state index contributed by atoms with van der Waals surface area (Å²) in [4.78, 5) is 13.6. The van der Waals surface area contributed by atoms with Gasteiger partial charge in [-0.25, -0.2) is 0 Å². The van der Waals surface area contributed by atoms with Crippen LogP contribution < -0.4 is 10.6 Å². The van der Waals surface area contributed by atoms with Gasteiger partial charge in [0.05, 0.1) is 6.04 Å². The van der Waals surface area contributed by atoms with E-state index in [0.717, 1.165) is 13.1 Å². The number of hydrogen-bond acceptors (Lipinski definition) is 6. The molecule has 2 N–H and O–H groups in total. The van der Waals surface area contributed by atoms with Crippen LogP contribution in [0.3, 0.4) is 0 Å². The van der Waals surface area contributed by atoms with Crippen molar-refractivity contribution >= 4 is 11.9 Å². The fourth-order valence-corrected chi connectivity index (χ4v) is 1.62. The van der Waals surface area contributed by atoms with Crippen LogP contribution in [0.1, 0.15) is 39.1 Å². The Morgan fingerprint density at radius 3 is 2.63 bits per heavy atom. The third-order valence-corrected chi connectivity index (χ3v) is 2.98. The third-order valence-electron chi connectivity index (χ3n) is 2.98. The van der Waals surface area contributed by atoms with Crippen LogP contribution in [-0.4, -0.2) is 47.7 Å². The fourth-order valence-electron chi connectivity index (χ4n) is 1.62. The number of nitrogens with one attached hydrogen (secondary N) is 2. The summed E-state index contributed by atoms with van der Waals surface area (Å²) in [5, 5.41) is 13.8. The van der Waals surface area contributed by atoms with E-state index in [2.05, 4.69) is 20.8 Å². The SMILES string of the molecule is CCN(CC)C(=O)CCNc1nnc(C(C)NC)o1. The third kappa shape index (κ3) is 4.51. The van der Waals surface area contributed by atoms with Crippen molar-refractivity contribution in [2.45, 2.75) is 33.2 Å². The monoisotopic (exact) mass is 269 g/mol. The Hall–Kier alpha value is -1.63. The lowest BCUT2D eigenvalue weighted by Crippen LogP contribution is -2.31. The van der Waals surface area contributed by atoms with Gasteiger partial charge in [0.25, 0.3) is 0 Å². The topological polar surface area (TPSA) is 83.3 Å². The maximum Gasteiger partial charge on any atom is 0.315 e. The van der Waals surface area contributed by atoms with Gasteiger partial charge in [0, 0.05) is 26.1 Å². The van der Waals surface area contributed by atoms with Crippen molar-refractivity contribution in [2.24, 2.45) is 0 Å². The Balaban J connectivity index is 2.37.